The van der Waals surface area contributed by atoms with Gasteiger partial charge >= 0.3 is 0 Å². The monoisotopic (exact) mass is 400 g/mol. The molecule has 0 radical (unpaired) electrons. The molecule has 0 heterocycles. The highest BCUT2D eigenvalue weighted by atomic mass is 32.1. The highest BCUT2D eigenvalue weighted by molar-refractivity contribution is 7.80. The fraction of sp³-hybridized carbons (Fsp3) is 0.364. The van der Waals surface area contributed by atoms with E-state index in [1.807, 2.05) is 30.3 Å². The highest BCUT2D eigenvalue weighted by Gasteiger charge is 2.09. The third-order valence-electron chi connectivity index (χ3n) is 3.79. The number of carbonyl (C=O) groups excluding carboxylic acids is 1. The second-order valence-electron chi connectivity index (χ2n) is 6.87. The van der Waals surface area contributed by atoms with Gasteiger partial charge in [-0.3, -0.25) is 10.1 Å². The topological polar surface area (TPSA) is 59.6 Å². The lowest BCUT2D eigenvalue weighted by Gasteiger charge is -2.12. The van der Waals surface area contributed by atoms with E-state index in [0.717, 1.165) is 24.3 Å². The van der Waals surface area contributed by atoms with Crippen molar-refractivity contribution in [1.82, 2.24) is 5.32 Å². The van der Waals surface area contributed by atoms with Crippen molar-refractivity contribution in [2.24, 2.45) is 5.92 Å². The summed E-state index contributed by atoms with van der Waals surface area (Å²) < 4.78 is 11.3. The molecule has 2 aromatic carbocycles. The first-order chi connectivity index (χ1) is 13.5. The quantitative estimate of drug-likeness (QED) is 0.457. The van der Waals surface area contributed by atoms with Crippen LogP contribution in [0.5, 0.6) is 11.5 Å². The minimum absolute atomic E-state index is 0.234. The number of amides is 1. The molecule has 0 spiro atoms. The van der Waals surface area contributed by atoms with Gasteiger partial charge in [0.1, 0.15) is 11.5 Å². The Kier molecular flexibility index (Phi) is 8.75. The molecule has 2 aromatic rings. The van der Waals surface area contributed by atoms with E-state index in [-0.39, 0.29) is 11.0 Å². The predicted molar refractivity (Wildman–Crippen MR) is 117 cm³/mol. The molecule has 0 atom stereocenters. The van der Waals surface area contributed by atoms with Crippen LogP contribution in [-0.4, -0.2) is 24.2 Å². The smallest absolute Gasteiger partial charge is 0.257 e. The van der Waals surface area contributed by atoms with Gasteiger partial charge in [0.25, 0.3) is 5.91 Å². The van der Waals surface area contributed by atoms with E-state index in [1.165, 1.54) is 0 Å². The third kappa shape index (κ3) is 7.56. The minimum atomic E-state index is -0.285. The summed E-state index contributed by atoms with van der Waals surface area (Å²) in [4.78, 5) is 12.4. The fourth-order valence-electron chi connectivity index (χ4n) is 2.30. The number of thiocarbonyl (C=S) groups is 1. The van der Waals surface area contributed by atoms with Crippen LogP contribution in [0.4, 0.5) is 5.69 Å². The molecule has 0 saturated carbocycles. The molecule has 6 heteroatoms. The first-order valence-electron chi connectivity index (χ1n) is 9.56. The SMILES string of the molecule is CCCCOc1ccc(NC(=S)NC(=O)c2cccc(OCC(C)C)c2)cc1. The first kappa shape index (κ1) is 21.7. The molecule has 150 valence electrons. The molecule has 0 bridgehead atoms. The number of ether oxygens (including phenoxy) is 2. The Morgan fingerprint density at radius 1 is 1.07 bits per heavy atom. The van der Waals surface area contributed by atoms with Gasteiger partial charge in [-0.1, -0.05) is 33.3 Å². The summed E-state index contributed by atoms with van der Waals surface area (Å²) in [5.74, 6) is 1.61. The van der Waals surface area contributed by atoms with Crippen LogP contribution in [0.25, 0.3) is 0 Å². The molecule has 0 fully saturated rings. The maximum atomic E-state index is 12.4. The minimum Gasteiger partial charge on any atom is -0.494 e. The molecule has 0 aromatic heterocycles. The van der Waals surface area contributed by atoms with Gasteiger partial charge in [-0.05, 0) is 67.0 Å². The van der Waals surface area contributed by atoms with Gasteiger partial charge in [-0.2, -0.15) is 0 Å². The molecule has 0 saturated heterocycles. The maximum absolute atomic E-state index is 12.4. The van der Waals surface area contributed by atoms with E-state index in [2.05, 4.69) is 31.4 Å². The Labute approximate surface area is 172 Å². The van der Waals surface area contributed by atoms with Crippen molar-refractivity contribution in [3.63, 3.8) is 0 Å². The predicted octanol–water partition coefficient (Wildman–Crippen LogP) is 5.03. The molecule has 0 aliphatic rings. The van der Waals surface area contributed by atoms with Gasteiger partial charge in [0.05, 0.1) is 13.2 Å². The average molecular weight is 401 g/mol. The van der Waals surface area contributed by atoms with Crippen LogP contribution in [0.15, 0.2) is 48.5 Å². The van der Waals surface area contributed by atoms with Gasteiger partial charge < -0.3 is 14.8 Å². The van der Waals surface area contributed by atoms with E-state index in [4.69, 9.17) is 21.7 Å². The normalized spacial score (nSPS) is 10.4. The number of hydrogen-bond acceptors (Lipinski definition) is 4. The Balaban J connectivity index is 1.87. The summed E-state index contributed by atoms with van der Waals surface area (Å²) >= 11 is 5.24. The van der Waals surface area contributed by atoms with Crippen molar-refractivity contribution in [2.45, 2.75) is 33.6 Å². The summed E-state index contributed by atoms with van der Waals surface area (Å²) in [6, 6.07) is 14.5. The summed E-state index contributed by atoms with van der Waals surface area (Å²) in [5, 5.41) is 5.93. The van der Waals surface area contributed by atoms with E-state index >= 15 is 0 Å². The van der Waals surface area contributed by atoms with E-state index in [1.54, 1.807) is 18.2 Å². The zero-order chi connectivity index (χ0) is 20.4. The largest absolute Gasteiger partial charge is 0.494 e. The van der Waals surface area contributed by atoms with Crippen molar-refractivity contribution in [3.05, 3.63) is 54.1 Å². The molecule has 5 nitrogen and oxygen atoms in total. The second-order valence-corrected chi connectivity index (χ2v) is 7.28. The van der Waals surface area contributed by atoms with Gasteiger partial charge in [-0.15, -0.1) is 0 Å². The van der Waals surface area contributed by atoms with Gasteiger partial charge in [0.15, 0.2) is 5.11 Å². The fourth-order valence-corrected chi connectivity index (χ4v) is 2.51. The lowest BCUT2D eigenvalue weighted by atomic mass is 10.2. The number of rotatable bonds is 9. The van der Waals surface area contributed by atoms with Crippen molar-refractivity contribution in [2.75, 3.05) is 18.5 Å². The van der Waals surface area contributed by atoms with Crippen molar-refractivity contribution < 1.29 is 14.3 Å². The summed E-state index contributed by atoms with van der Waals surface area (Å²) in [7, 11) is 0. The van der Waals surface area contributed by atoms with Crippen molar-refractivity contribution >= 4 is 28.9 Å². The Morgan fingerprint density at radius 3 is 2.50 bits per heavy atom. The zero-order valence-corrected chi connectivity index (χ0v) is 17.5. The number of hydrogen-bond donors (Lipinski definition) is 2. The van der Waals surface area contributed by atoms with Gasteiger partial charge in [0, 0.05) is 11.3 Å². The summed E-state index contributed by atoms with van der Waals surface area (Å²) in [6.07, 6.45) is 2.13. The standard InChI is InChI=1S/C22H28N2O3S/c1-4-5-13-26-19-11-9-18(10-12-19)23-22(28)24-21(25)17-7-6-8-20(14-17)27-15-16(2)3/h6-12,14,16H,4-5,13,15H2,1-3H3,(H2,23,24,25,28). The van der Waals surface area contributed by atoms with Gasteiger partial charge in [-0.25, -0.2) is 0 Å². The molecular formula is C22H28N2O3S. The van der Waals surface area contributed by atoms with Crippen LogP contribution < -0.4 is 20.1 Å². The number of benzene rings is 2. The lowest BCUT2D eigenvalue weighted by Crippen LogP contribution is -2.34. The van der Waals surface area contributed by atoms with Crippen LogP contribution in [-0.2, 0) is 0 Å². The Morgan fingerprint density at radius 2 is 1.82 bits per heavy atom. The molecule has 2 rings (SSSR count). The summed E-state index contributed by atoms with van der Waals surface area (Å²) in [6.45, 7) is 7.58. The summed E-state index contributed by atoms with van der Waals surface area (Å²) in [5.41, 5.74) is 1.27. The van der Waals surface area contributed by atoms with Crippen molar-refractivity contribution in [3.8, 4) is 11.5 Å². The molecular weight excluding hydrogens is 372 g/mol. The maximum Gasteiger partial charge on any atom is 0.257 e. The Bertz CT molecular complexity index is 776. The van der Waals surface area contributed by atoms with Crippen LogP contribution in [0.1, 0.15) is 44.0 Å². The Hall–Kier alpha value is -2.60. The van der Waals surface area contributed by atoms with Crippen LogP contribution >= 0.6 is 12.2 Å². The second kappa shape index (κ2) is 11.3. The molecule has 2 N–H and O–H groups in total. The number of nitrogens with one attached hydrogen (secondary N) is 2. The van der Waals surface area contributed by atoms with Crippen molar-refractivity contribution in [1.29, 1.82) is 0 Å². The van der Waals surface area contributed by atoms with E-state index in [9.17, 15) is 4.79 Å². The third-order valence-corrected chi connectivity index (χ3v) is 3.99. The number of unbranched alkanes of at least 4 members (excludes halogenated alkanes) is 1. The van der Waals surface area contributed by atoms with E-state index in [0.29, 0.717) is 30.4 Å². The van der Waals surface area contributed by atoms with Crippen LogP contribution in [0, 0.1) is 5.92 Å². The number of anilines is 1. The average Bonchev–Trinajstić information content (AvgIpc) is 2.68. The molecule has 0 aliphatic carbocycles. The zero-order valence-electron chi connectivity index (χ0n) is 16.7. The molecule has 0 aliphatic heterocycles. The molecule has 1 amide bonds. The lowest BCUT2D eigenvalue weighted by molar-refractivity contribution is 0.0977. The van der Waals surface area contributed by atoms with Crippen LogP contribution in [0.2, 0.25) is 0 Å². The number of carbonyl (C=O) groups is 1. The van der Waals surface area contributed by atoms with Crippen LogP contribution in [0.3, 0.4) is 0 Å². The molecule has 28 heavy (non-hydrogen) atoms. The first-order valence-corrected chi connectivity index (χ1v) is 9.96. The molecule has 0 unspecified atom stereocenters. The highest BCUT2D eigenvalue weighted by Crippen LogP contribution is 2.17. The van der Waals surface area contributed by atoms with Gasteiger partial charge in [0.2, 0.25) is 0 Å². The van der Waals surface area contributed by atoms with E-state index < -0.39 is 0 Å².